The average Bonchev–Trinajstić information content (AvgIpc) is 2.90. The smallest absolute Gasteiger partial charge is 0.407 e. The molecule has 1 aromatic rings. The first-order chi connectivity index (χ1) is 8.66. The fourth-order valence-electron chi connectivity index (χ4n) is 1.98. The third-order valence-corrected chi connectivity index (χ3v) is 3.69. The second-order valence-corrected chi connectivity index (χ2v) is 5.02. The van der Waals surface area contributed by atoms with Crippen LogP contribution in [0.15, 0.2) is 10.9 Å². The van der Waals surface area contributed by atoms with Crippen molar-refractivity contribution in [3.05, 3.63) is 16.6 Å². The molecule has 2 rings (SSSR count). The van der Waals surface area contributed by atoms with E-state index in [4.69, 9.17) is 5.11 Å². The summed E-state index contributed by atoms with van der Waals surface area (Å²) >= 11 is 1.39. The Morgan fingerprint density at radius 3 is 2.78 bits per heavy atom. The summed E-state index contributed by atoms with van der Waals surface area (Å²) in [6, 6.07) is 0. The molecule has 0 radical (unpaired) electrons. The standard InChI is InChI=1S/C11H15N3O3S/c15-10(9-6-18-7-13-9)12-5-8-1-3-14(4-2-8)11(16)17/h6-8H,1-5H2,(H,12,15)(H,16,17). The molecule has 6 nitrogen and oxygen atoms in total. The number of aromatic nitrogens is 1. The minimum atomic E-state index is -0.861. The summed E-state index contributed by atoms with van der Waals surface area (Å²) < 4.78 is 0. The van der Waals surface area contributed by atoms with Gasteiger partial charge in [0.05, 0.1) is 5.51 Å². The zero-order valence-electron chi connectivity index (χ0n) is 9.83. The van der Waals surface area contributed by atoms with Gasteiger partial charge in [-0.15, -0.1) is 11.3 Å². The zero-order chi connectivity index (χ0) is 13.0. The van der Waals surface area contributed by atoms with Gasteiger partial charge in [-0.05, 0) is 18.8 Å². The van der Waals surface area contributed by atoms with Gasteiger partial charge in [-0.1, -0.05) is 0 Å². The molecule has 0 saturated carbocycles. The monoisotopic (exact) mass is 269 g/mol. The topological polar surface area (TPSA) is 82.5 Å². The average molecular weight is 269 g/mol. The quantitative estimate of drug-likeness (QED) is 0.865. The lowest BCUT2D eigenvalue weighted by atomic mass is 9.97. The number of carbonyl (C=O) groups excluding carboxylic acids is 1. The molecule has 0 spiro atoms. The number of hydrogen-bond donors (Lipinski definition) is 2. The van der Waals surface area contributed by atoms with E-state index < -0.39 is 6.09 Å². The Morgan fingerprint density at radius 1 is 1.50 bits per heavy atom. The van der Waals surface area contributed by atoms with Gasteiger partial charge in [0, 0.05) is 25.0 Å². The molecule has 1 aliphatic rings. The third-order valence-electron chi connectivity index (χ3n) is 3.10. The van der Waals surface area contributed by atoms with Gasteiger partial charge >= 0.3 is 6.09 Å². The number of nitrogens with one attached hydrogen (secondary N) is 1. The molecule has 1 saturated heterocycles. The predicted octanol–water partition coefficient (Wildman–Crippen LogP) is 1.26. The summed E-state index contributed by atoms with van der Waals surface area (Å²) in [6.45, 7) is 1.68. The highest BCUT2D eigenvalue weighted by atomic mass is 32.1. The Bertz CT molecular complexity index is 413. The lowest BCUT2D eigenvalue weighted by molar-refractivity contribution is 0.0924. The van der Waals surface area contributed by atoms with Gasteiger partial charge in [0.25, 0.3) is 5.91 Å². The van der Waals surface area contributed by atoms with Crippen molar-refractivity contribution < 1.29 is 14.7 Å². The van der Waals surface area contributed by atoms with E-state index in [9.17, 15) is 9.59 Å². The van der Waals surface area contributed by atoms with Crippen molar-refractivity contribution in [1.29, 1.82) is 0 Å². The van der Waals surface area contributed by atoms with Crippen molar-refractivity contribution in [3.63, 3.8) is 0 Å². The summed E-state index contributed by atoms with van der Waals surface area (Å²) in [5, 5.41) is 13.4. The van der Waals surface area contributed by atoms with Crippen LogP contribution in [0.25, 0.3) is 0 Å². The van der Waals surface area contributed by atoms with E-state index in [-0.39, 0.29) is 5.91 Å². The van der Waals surface area contributed by atoms with Crippen LogP contribution in [0.5, 0.6) is 0 Å². The first-order valence-corrected chi connectivity index (χ1v) is 6.75. The van der Waals surface area contributed by atoms with Gasteiger partial charge in [-0.2, -0.15) is 0 Å². The Labute approximate surface area is 109 Å². The molecule has 0 atom stereocenters. The van der Waals surface area contributed by atoms with Crippen LogP contribution in [0.3, 0.4) is 0 Å². The Balaban J connectivity index is 1.72. The first kappa shape index (κ1) is 12.8. The van der Waals surface area contributed by atoms with E-state index in [1.54, 1.807) is 10.9 Å². The van der Waals surface area contributed by atoms with Crippen molar-refractivity contribution in [2.45, 2.75) is 12.8 Å². The number of amides is 2. The lowest BCUT2D eigenvalue weighted by Gasteiger charge is -2.29. The zero-order valence-corrected chi connectivity index (χ0v) is 10.7. The van der Waals surface area contributed by atoms with Crippen LogP contribution in [-0.2, 0) is 0 Å². The molecule has 2 amide bonds. The van der Waals surface area contributed by atoms with Gasteiger partial charge in [-0.3, -0.25) is 4.79 Å². The van der Waals surface area contributed by atoms with E-state index in [1.165, 1.54) is 16.2 Å². The van der Waals surface area contributed by atoms with Gasteiger partial charge in [0.2, 0.25) is 0 Å². The summed E-state index contributed by atoms with van der Waals surface area (Å²) in [7, 11) is 0. The Morgan fingerprint density at radius 2 is 2.22 bits per heavy atom. The molecule has 1 fully saturated rings. The molecular formula is C11H15N3O3S. The van der Waals surface area contributed by atoms with Crippen LogP contribution in [0.2, 0.25) is 0 Å². The number of likely N-dealkylation sites (tertiary alicyclic amines) is 1. The van der Waals surface area contributed by atoms with Crippen molar-refractivity contribution >= 4 is 23.3 Å². The molecule has 2 N–H and O–H groups in total. The highest BCUT2D eigenvalue weighted by Gasteiger charge is 2.22. The summed E-state index contributed by atoms with van der Waals surface area (Å²) in [5.74, 6) is 0.195. The van der Waals surface area contributed by atoms with Gasteiger partial charge in [0.1, 0.15) is 5.69 Å². The van der Waals surface area contributed by atoms with E-state index in [0.29, 0.717) is 31.2 Å². The largest absolute Gasteiger partial charge is 0.465 e. The summed E-state index contributed by atoms with van der Waals surface area (Å²) in [6.07, 6.45) is 0.729. The molecule has 0 unspecified atom stereocenters. The number of thiazole rings is 1. The van der Waals surface area contributed by atoms with Crippen molar-refractivity contribution in [2.75, 3.05) is 19.6 Å². The summed E-state index contributed by atoms with van der Waals surface area (Å²) in [5.41, 5.74) is 2.07. The molecule has 2 heterocycles. The van der Waals surface area contributed by atoms with E-state index in [2.05, 4.69) is 10.3 Å². The van der Waals surface area contributed by atoms with E-state index >= 15 is 0 Å². The maximum absolute atomic E-state index is 11.6. The molecule has 0 bridgehead atoms. The number of carboxylic acid groups (broad SMARTS) is 1. The van der Waals surface area contributed by atoms with Crippen LogP contribution in [0.1, 0.15) is 23.3 Å². The lowest BCUT2D eigenvalue weighted by Crippen LogP contribution is -2.40. The van der Waals surface area contributed by atoms with Crippen LogP contribution in [-0.4, -0.2) is 46.6 Å². The number of hydrogen-bond acceptors (Lipinski definition) is 4. The van der Waals surface area contributed by atoms with E-state index in [1.807, 2.05) is 0 Å². The third kappa shape index (κ3) is 3.19. The van der Waals surface area contributed by atoms with Gasteiger partial charge in [-0.25, -0.2) is 9.78 Å². The maximum Gasteiger partial charge on any atom is 0.407 e. The van der Waals surface area contributed by atoms with Crippen molar-refractivity contribution in [3.8, 4) is 0 Å². The number of nitrogens with zero attached hydrogens (tertiary/aromatic N) is 2. The maximum atomic E-state index is 11.6. The minimum Gasteiger partial charge on any atom is -0.465 e. The second-order valence-electron chi connectivity index (χ2n) is 4.30. The SMILES string of the molecule is O=C(NCC1CCN(C(=O)O)CC1)c1cscn1. The number of rotatable bonds is 3. The molecule has 7 heteroatoms. The van der Waals surface area contributed by atoms with E-state index in [0.717, 1.165) is 12.8 Å². The van der Waals surface area contributed by atoms with Crippen LogP contribution >= 0.6 is 11.3 Å². The highest BCUT2D eigenvalue weighted by molar-refractivity contribution is 7.07. The molecule has 1 aliphatic heterocycles. The Kier molecular flexibility index (Phi) is 4.14. The highest BCUT2D eigenvalue weighted by Crippen LogP contribution is 2.16. The number of carbonyl (C=O) groups is 2. The normalized spacial score (nSPS) is 16.6. The molecule has 18 heavy (non-hydrogen) atoms. The fraction of sp³-hybridized carbons (Fsp3) is 0.545. The molecule has 0 aliphatic carbocycles. The van der Waals surface area contributed by atoms with Crippen molar-refractivity contribution in [2.24, 2.45) is 5.92 Å². The van der Waals surface area contributed by atoms with Gasteiger partial charge < -0.3 is 15.3 Å². The van der Waals surface area contributed by atoms with Crippen LogP contribution in [0, 0.1) is 5.92 Å². The van der Waals surface area contributed by atoms with Crippen LogP contribution in [0.4, 0.5) is 4.79 Å². The Hall–Kier alpha value is -1.63. The minimum absolute atomic E-state index is 0.156. The molecule has 0 aromatic carbocycles. The second kappa shape index (κ2) is 5.81. The van der Waals surface area contributed by atoms with Gasteiger partial charge in [0.15, 0.2) is 0 Å². The van der Waals surface area contributed by atoms with Crippen LogP contribution < -0.4 is 5.32 Å². The fourth-order valence-corrected chi connectivity index (χ4v) is 2.51. The number of piperidine rings is 1. The molecule has 98 valence electrons. The predicted molar refractivity (Wildman–Crippen MR) is 66.8 cm³/mol. The molecule has 1 aromatic heterocycles. The summed E-state index contributed by atoms with van der Waals surface area (Å²) in [4.78, 5) is 27.7. The first-order valence-electron chi connectivity index (χ1n) is 5.81. The van der Waals surface area contributed by atoms with Crippen molar-refractivity contribution in [1.82, 2.24) is 15.2 Å². The molecular weight excluding hydrogens is 254 g/mol.